The molecular formula is C19H19BrN4O3S. The zero-order valence-corrected chi connectivity index (χ0v) is 17.3. The third-order valence-corrected chi connectivity index (χ3v) is 4.75. The van der Waals surface area contributed by atoms with Crippen LogP contribution in [0.5, 0.6) is 0 Å². The van der Waals surface area contributed by atoms with Gasteiger partial charge in [0.25, 0.3) is 11.8 Å². The van der Waals surface area contributed by atoms with E-state index in [4.69, 9.17) is 17.0 Å². The first-order chi connectivity index (χ1) is 13.5. The third-order valence-electron chi connectivity index (χ3n) is 4.11. The SMILES string of the molecule is O=C(NCC1CCCO1)c1ccc(NC(=S)NC(=O)c2cncc(Br)c2)cc1. The summed E-state index contributed by atoms with van der Waals surface area (Å²) in [5, 5.41) is 8.53. The minimum absolute atomic E-state index is 0.103. The van der Waals surface area contributed by atoms with Crippen molar-refractivity contribution in [3.63, 3.8) is 0 Å². The molecule has 1 fully saturated rings. The normalized spacial score (nSPS) is 15.7. The van der Waals surface area contributed by atoms with Gasteiger partial charge in [0, 0.05) is 41.3 Å². The van der Waals surface area contributed by atoms with Gasteiger partial charge in [0.15, 0.2) is 5.11 Å². The lowest BCUT2D eigenvalue weighted by atomic mass is 10.2. The second-order valence-corrected chi connectivity index (χ2v) is 7.55. The fourth-order valence-electron chi connectivity index (χ4n) is 2.69. The molecule has 2 heterocycles. The number of pyridine rings is 1. The quantitative estimate of drug-likeness (QED) is 0.591. The minimum atomic E-state index is -0.364. The van der Waals surface area contributed by atoms with Crippen molar-refractivity contribution in [1.29, 1.82) is 0 Å². The molecule has 1 saturated heterocycles. The number of hydrogen-bond donors (Lipinski definition) is 3. The van der Waals surface area contributed by atoms with Crippen LogP contribution < -0.4 is 16.0 Å². The second-order valence-electron chi connectivity index (χ2n) is 6.22. The van der Waals surface area contributed by atoms with Gasteiger partial charge in [-0.05, 0) is 71.3 Å². The van der Waals surface area contributed by atoms with E-state index in [1.807, 2.05) is 0 Å². The number of amides is 2. The van der Waals surface area contributed by atoms with E-state index >= 15 is 0 Å². The molecule has 0 spiro atoms. The van der Waals surface area contributed by atoms with Gasteiger partial charge in [-0.25, -0.2) is 0 Å². The van der Waals surface area contributed by atoms with Crippen LogP contribution in [0.15, 0.2) is 47.2 Å². The number of carbonyl (C=O) groups excluding carboxylic acids is 2. The number of rotatable bonds is 5. The van der Waals surface area contributed by atoms with Crippen molar-refractivity contribution >= 4 is 50.8 Å². The third kappa shape index (κ3) is 5.82. The Hall–Kier alpha value is -2.36. The zero-order chi connectivity index (χ0) is 19.9. The average Bonchev–Trinajstić information content (AvgIpc) is 3.20. The monoisotopic (exact) mass is 462 g/mol. The van der Waals surface area contributed by atoms with Gasteiger partial charge in [-0.2, -0.15) is 0 Å². The molecule has 1 aromatic carbocycles. The largest absolute Gasteiger partial charge is 0.376 e. The predicted molar refractivity (Wildman–Crippen MR) is 113 cm³/mol. The Balaban J connectivity index is 1.49. The van der Waals surface area contributed by atoms with Crippen molar-refractivity contribution in [3.05, 3.63) is 58.3 Å². The Morgan fingerprint density at radius 3 is 2.64 bits per heavy atom. The van der Waals surface area contributed by atoms with Crippen molar-refractivity contribution in [2.75, 3.05) is 18.5 Å². The summed E-state index contributed by atoms with van der Waals surface area (Å²) >= 11 is 8.43. The van der Waals surface area contributed by atoms with Gasteiger partial charge < -0.3 is 15.4 Å². The van der Waals surface area contributed by atoms with E-state index in [0.29, 0.717) is 27.8 Å². The second kappa shape index (κ2) is 9.72. The topological polar surface area (TPSA) is 92.4 Å². The molecule has 1 aliphatic heterocycles. The molecule has 9 heteroatoms. The summed E-state index contributed by atoms with van der Waals surface area (Å²) in [6.07, 6.45) is 5.15. The van der Waals surface area contributed by atoms with Crippen LogP contribution >= 0.6 is 28.1 Å². The molecule has 7 nitrogen and oxygen atoms in total. The number of nitrogens with zero attached hydrogens (tertiary/aromatic N) is 1. The van der Waals surface area contributed by atoms with Gasteiger partial charge in [0.1, 0.15) is 0 Å². The number of carbonyl (C=O) groups is 2. The minimum Gasteiger partial charge on any atom is -0.376 e. The molecule has 3 N–H and O–H groups in total. The van der Waals surface area contributed by atoms with Crippen molar-refractivity contribution in [2.24, 2.45) is 0 Å². The molecule has 3 rings (SSSR count). The standard InChI is InChI=1S/C19H19BrN4O3S/c20-14-8-13(9-21-10-14)18(26)24-19(28)23-15-5-3-12(4-6-15)17(25)22-11-16-2-1-7-27-16/h3-6,8-10,16H,1-2,7,11H2,(H,22,25)(H2,23,24,26,28). The summed E-state index contributed by atoms with van der Waals surface area (Å²) in [4.78, 5) is 28.3. The fourth-order valence-corrected chi connectivity index (χ4v) is 3.27. The molecule has 0 aliphatic carbocycles. The number of hydrogen-bond acceptors (Lipinski definition) is 5. The molecule has 0 radical (unpaired) electrons. The van der Waals surface area contributed by atoms with Gasteiger partial charge in [0.2, 0.25) is 0 Å². The van der Waals surface area contributed by atoms with E-state index < -0.39 is 0 Å². The molecule has 1 aromatic heterocycles. The first-order valence-corrected chi connectivity index (χ1v) is 9.94. The highest BCUT2D eigenvalue weighted by Gasteiger charge is 2.16. The molecule has 2 amide bonds. The maximum absolute atomic E-state index is 12.2. The predicted octanol–water partition coefficient (Wildman–Crippen LogP) is 2.88. The molecule has 1 unspecified atom stereocenters. The molecule has 0 saturated carbocycles. The van der Waals surface area contributed by atoms with Gasteiger partial charge in [-0.3, -0.25) is 19.9 Å². The summed E-state index contributed by atoms with van der Waals surface area (Å²) in [5.74, 6) is -0.517. The first-order valence-electron chi connectivity index (χ1n) is 8.74. The molecule has 1 atom stereocenters. The Morgan fingerprint density at radius 2 is 1.96 bits per heavy atom. The Labute approximate surface area is 176 Å². The van der Waals surface area contributed by atoms with Gasteiger partial charge in [0.05, 0.1) is 11.7 Å². The van der Waals surface area contributed by atoms with E-state index in [1.54, 1.807) is 36.5 Å². The molecule has 1 aliphatic rings. The van der Waals surface area contributed by atoms with Crippen LogP contribution in [-0.4, -0.2) is 41.2 Å². The van der Waals surface area contributed by atoms with Crippen molar-refractivity contribution in [1.82, 2.24) is 15.6 Å². The fraction of sp³-hybridized carbons (Fsp3) is 0.263. The number of nitrogens with one attached hydrogen (secondary N) is 3. The molecule has 0 bridgehead atoms. The lowest BCUT2D eigenvalue weighted by molar-refractivity contribution is 0.0857. The molecular weight excluding hydrogens is 444 g/mol. The molecule has 146 valence electrons. The van der Waals surface area contributed by atoms with Crippen LogP contribution in [0.4, 0.5) is 5.69 Å². The van der Waals surface area contributed by atoms with Crippen LogP contribution in [0.3, 0.4) is 0 Å². The smallest absolute Gasteiger partial charge is 0.259 e. The summed E-state index contributed by atoms with van der Waals surface area (Å²) < 4.78 is 6.19. The number of thiocarbonyl (C=S) groups is 1. The number of anilines is 1. The van der Waals surface area contributed by atoms with Crippen LogP contribution in [0.25, 0.3) is 0 Å². The maximum atomic E-state index is 12.2. The van der Waals surface area contributed by atoms with E-state index in [2.05, 4.69) is 36.9 Å². The average molecular weight is 463 g/mol. The highest BCUT2D eigenvalue weighted by atomic mass is 79.9. The van der Waals surface area contributed by atoms with Crippen LogP contribution in [0.1, 0.15) is 33.6 Å². The Kier molecular flexibility index (Phi) is 7.07. The Bertz CT molecular complexity index is 870. The summed E-state index contributed by atoms with van der Waals surface area (Å²) in [7, 11) is 0. The van der Waals surface area contributed by atoms with E-state index in [9.17, 15) is 9.59 Å². The number of aromatic nitrogens is 1. The Morgan fingerprint density at radius 1 is 1.18 bits per heavy atom. The maximum Gasteiger partial charge on any atom is 0.259 e. The lowest BCUT2D eigenvalue weighted by Crippen LogP contribution is -2.34. The molecule has 28 heavy (non-hydrogen) atoms. The highest BCUT2D eigenvalue weighted by Crippen LogP contribution is 2.13. The summed E-state index contributed by atoms with van der Waals surface area (Å²) in [6, 6.07) is 8.47. The van der Waals surface area contributed by atoms with Crippen LogP contribution in [0, 0.1) is 0 Å². The van der Waals surface area contributed by atoms with Crippen molar-refractivity contribution in [3.8, 4) is 0 Å². The van der Waals surface area contributed by atoms with Crippen molar-refractivity contribution in [2.45, 2.75) is 18.9 Å². The summed E-state index contributed by atoms with van der Waals surface area (Å²) in [6.45, 7) is 1.27. The van der Waals surface area contributed by atoms with Crippen molar-refractivity contribution < 1.29 is 14.3 Å². The van der Waals surface area contributed by atoms with Gasteiger partial charge in [-0.1, -0.05) is 0 Å². The number of halogens is 1. The molecule has 2 aromatic rings. The van der Waals surface area contributed by atoms with E-state index in [0.717, 1.165) is 19.4 Å². The van der Waals surface area contributed by atoms with E-state index in [1.165, 1.54) is 6.20 Å². The van der Waals surface area contributed by atoms with Gasteiger partial charge in [-0.15, -0.1) is 0 Å². The van der Waals surface area contributed by atoms with Crippen LogP contribution in [-0.2, 0) is 4.74 Å². The van der Waals surface area contributed by atoms with E-state index in [-0.39, 0.29) is 23.0 Å². The first kappa shape index (κ1) is 20.4. The zero-order valence-electron chi connectivity index (χ0n) is 14.9. The van der Waals surface area contributed by atoms with Crippen LogP contribution in [0.2, 0.25) is 0 Å². The number of ether oxygens (including phenoxy) is 1. The summed E-state index contributed by atoms with van der Waals surface area (Å²) in [5.41, 5.74) is 1.59. The number of benzene rings is 1. The lowest BCUT2D eigenvalue weighted by Gasteiger charge is -2.12. The highest BCUT2D eigenvalue weighted by molar-refractivity contribution is 9.10. The van der Waals surface area contributed by atoms with Gasteiger partial charge >= 0.3 is 0 Å².